The second-order valence-corrected chi connectivity index (χ2v) is 5.44. The Morgan fingerprint density at radius 2 is 2.11 bits per heavy atom. The number of rotatable bonds is 9. The zero-order valence-corrected chi connectivity index (χ0v) is 12.3. The van der Waals surface area contributed by atoms with Crippen LogP contribution >= 0.6 is 0 Å². The summed E-state index contributed by atoms with van der Waals surface area (Å²) in [5, 5.41) is 0. The van der Waals surface area contributed by atoms with Gasteiger partial charge in [-0.1, -0.05) is 13.8 Å². The molecule has 0 aromatic carbocycles. The molecule has 0 bridgehead atoms. The highest BCUT2D eigenvalue weighted by Gasteiger charge is 2.36. The van der Waals surface area contributed by atoms with Crippen molar-refractivity contribution in [3.63, 3.8) is 0 Å². The third kappa shape index (κ3) is 4.19. The van der Waals surface area contributed by atoms with Crippen LogP contribution in [-0.2, 0) is 9.47 Å². The maximum Gasteiger partial charge on any atom is 0.0589 e. The van der Waals surface area contributed by atoms with E-state index < -0.39 is 0 Å². The van der Waals surface area contributed by atoms with Crippen LogP contribution in [-0.4, -0.2) is 57.5 Å². The molecule has 0 amide bonds. The first kappa shape index (κ1) is 15.9. The van der Waals surface area contributed by atoms with Crippen molar-refractivity contribution in [1.82, 2.24) is 4.90 Å². The standard InChI is InChI=1S/C14H30N2O2/c1-4-13(5-2)16(7-9-17-3)11-14(10-15)6-8-18-12-14/h13H,4-12,15H2,1-3H3. The van der Waals surface area contributed by atoms with E-state index in [0.717, 1.165) is 45.9 Å². The highest BCUT2D eigenvalue weighted by atomic mass is 16.5. The summed E-state index contributed by atoms with van der Waals surface area (Å²) < 4.78 is 10.8. The number of methoxy groups -OCH3 is 1. The molecular formula is C14H30N2O2. The molecule has 0 saturated carbocycles. The minimum atomic E-state index is 0.163. The van der Waals surface area contributed by atoms with Crippen LogP contribution in [0.1, 0.15) is 33.1 Å². The van der Waals surface area contributed by atoms with Crippen molar-refractivity contribution in [1.29, 1.82) is 0 Å². The fraction of sp³-hybridized carbons (Fsp3) is 1.00. The van der Waals surface area contributed by atoms with Crippen LogP contribution in [0.3, 0.4) is 0 Å². The quantitative estimate of drug-likeness (QED) is 0.681. The molecule has 1 fully saturated rings. The average molecular weight is 258 g/mol. The van der Waals surface area contributed by atoms with Gasteiger partial charge in [0.05, 0.1) is 13.2 Å². The van der Waals surface area contributed by atoms with Gasteiger partial charge >= 0.3 is 0 Å². The van der Waals surface area contributed by atoms with Crippen molar-refractivity contribution in [3.05, 3.63) is 0 Å². The van der Waals surface area contributed by atoms with E-state index in [9.17, 15) is 0 Å². The molecule has 0 spiro atoms. The van der Waals surface area contributed by atoms with Crippen LogP contribution in [0.5, 0.6) is 0 Å². The summed E-state index contributed by atoms with van der Waals surface area (Å²) in [7, 11) is 1.77. The second kappa shape index (κ2) is 8.10. The topological polar surface area (TPSA) is 47.7 Å². The molecule has 1 atom stereocenters. The molecule has 1 unspecified atom stereocenters. The molecule has 0 aromatic heterocycles. The van der Waals surface area contributed by atoms with Crippen LogP contribution in [0.2, 0.25) is 0 Å². The first-order valence-corrected chi connectivity index (χ1v) is 7.22. The Morgan fingerprint density at radius 3 is 2.56 bits per heavy atom. The van der Waals surface area contributed by atoms with Gasteiger partial charge in [-0.25, -0.2) is 0 Å². The number of nitrogens with two attached hydrogens (primary N) is 1. The van der Waals surface area contributed by atoms with Crippen molar-refractivity contribution in [2.75, 3.05) is 46.6 Å². The van der Waals surface area contributed by atoms with Gasteiger partial charge in [0.2, 0.25) is 0 Å². The minimum Gasteiger partial charge on any atom is -0.383 e. The number of nitrogens with zero attached hydrogens (tertiary/aromatic N) is 1. The molecule has 0 radical (unpaired) electrons. The molecule has 0 aliphatic carbocycles. The second-order valence-electron chi connectivity index (χ2n) is 5.44. The number of hydrogen-bond donors (Lipinski definition) is 1. The fourth-order valence-electron chi connectivity index (χ4n) is 2.83. The Bertz CT molecular complexity index is 214. The molecule has 1 rings (SSSR count). The maximum absolute atomic E-state index is 5.99. The van der Waals surface area contributed by atoms with E-state index in [2.05, 4.69) is 18.7 Å². The molecule has 108 valence electrons. The van der Waals surface area contributed by atoms with Crippen LogP contribution in [0.15, 0.2) is 0 Å². The van der Waals surface area contributed by atoms with E-state index in [4.69, 9.17) is 15.2 Å². The molecule has 4 heteroatoms. The minimum absolute atomic E-state index is 0.163. The lowest BCUT2D eigenvalue weighted by Gasteiger charge is -2.37. The van der Waals surface area contributed by atoms with E-state index in [1.807, 2.05) is 0 Å². The van der Waals surface area contributed by atoms with Gasteiger partial charge in [-0.3, -0.25) is 4.90 Å². The van der Waals surface area contributed by atoms with E-state index >= 15 is 0 Å². The smallest absolute Gasteiger partial charge is 0.0589 e. The summed E-state index contributed by atoms with van der Waals surface area (Å²) in [5.41, 5.74) is 6.15. The number of hydrogen-bond acceptors (Lipinski definition) is 4. The Labute approximate surface area is 112 Å². The Morgan fingerprint density at radius 1 is 1.39 bits per heavy atom. The normalized spacial score (nSPS) is 24.3. The average Bonchev–Trinajstić information content (AvgIpc) is 2.86. The molecule has 2 N–H and O–H groups in total. The summed E-state index contributed by atoms with van der Waals surface area (Å²) in [4.78, 5) is 2.55. The van der Waals surface area contributed by atoms with E-state index in [0.29, 0.717) is 6.04 Å². The summed E-state index contributed by atoms with van der Waals surface area (Å²) >= 11 is 0. The van der Waals surface area contributed by atoms with E-state index in [1.165, 1.54) is 12.8 Å². The molecular weight excluding hydrogens is 228 g/mol. The largest absolute Gasteiger partial charge is 0.383 e. The van der Waals surface area contributed by atoms with Gasteiger partial charge in [-0.05, 0) is 19.3 Å². The van der Waals surface area contributed by atoms with Gasteiger partial charge in [-0.15, -0.1) is 0 Å². The van der Waals surface area contributed by atoms with Gasteiger partial charge in [0.1, 0.15) is 0 Å². The lowest BCUT2D eigenvalue weighted by molar-refractivity contribution is 0.0632. The van der Waals surface area contributed by atoms with Crippen molar-refractivity contribution in [2.45, 2.75) is 39.2 Å². The Hall–Kier alpha value is -0.160. The lowest BCUT2D eigenvalue weighted by Crippen LogP contribution is -2.48. The first-order chi connectivity index (χ1) is 8.71. The van der Waals surface area contributed by atoms with E-state index in [-0.39, 0.29) is 5.41 Å². The molecule has 1 saturated heterocycles. The molecule has 1 aliphatic rings. The lowest BCUT2D eigenvalue weighted by atomic mass is 9.86. The third-order valence-corrected chi connectivity index (χ3v) is 4.20. The summed E-state index contributed by atoms with van der Waals surface area (Å²) in [6.45, 7) is 9.73. The van der Waals surface area contributed by atoms with Crippen LogP contribution in [0.4, 0.5) is 0 Å². The summed E-state index contributed by atoms with van der Waals surface area (Å²) in [6.07, 6.45) is 3.45. The van der Waals surface area contributed by atoms with Gasteiger partial charge in [-0.2, -0.15) is 0 Å². The molecule has 1 heterocycles. The van der Waals surface area contributed by atoms with Crippen molar-refractivity contribution in [3.8, 4) is 0 Å². The van der Waals surface area contributed by atoms with Gasteiger partial charge in [0, 0.05) is 44.8 Å². The number of ether oxygens (including phenoxy) is 2. The van der Waals surface area contributed by atoms with Crippen LogP contribution in [0.25, 0.3) is 0 Å². The van der Waals surface area contributed by atoms with E-state index in [1.54, 1.807) is 7.11 Å². The zero-order chi connectivity index (χ0) is 13.4. The molecule has 0 aromatic rings. The zero-order valence-electron chi connectivity index (χ0n) is 12.3. The highest BCUT2D eigenvalue weighted by molar-refractivity contribution is 4.89. The SMILES string of the molecule is CCC(CC)N(CCOC)CC1(CN)CCOC1. The Kier molecular flexibility index (Phi) is 7.15. The Balaban J connectivity index is 2.63. The summed E-state index contributed by atoms with van der Waals surface area (Å²) in [5.74, 6) is 0. The van der Waals surface area contributed by atoms with Crippen LogP contribution in [0, 0.1) is 5.41 Å². The predicted octanol–water partition coefficient (Wildman–Crippen LogP) is 1.49. The monoisotopic (exact) mass is 258 g/mol. The van der Waals surface area contributed by atoms with Crippen molar-refractivity contribution in [2.24, 2.45) is 11.1 Å². The first-order valence-electron chi connectivity index (χ1n) is 7.22. The highest BCUT2D eigenvalue weighted by Crippen LogP contribution is 2.29. The molecule has 4 nitrogen and oxygen atoms in total. The molecule has 18 heavy (non-hydrogen) atoms. The summed E-state index contributed by atoms with van der Waals surface area (Å²) in [6, 6.07) is 0.629. The predicted molar refractivity (Wildman–Crippen MR) is 74.7 cm³/mol. The molecule has 1 aliphatic heterocycles. The van der Waals surface area contributed by atoms with Crippen molar-refractivity contribution >= 4 is 0 Å². The maximum atomic E-state index is 5.99. The van der Waals surface area contributed by atoms with Crippen molar-refractivity contribution < 1.29 is 9.47 Å². The third-order valence-electron chi connectivity index (χ3n) is 4.20. The van der Waals surface area contributed by atoms with Gasteiger partial charge in [0.15, 0.2) is 0 Å². The van der Waals surface area contributed by atoms with Crippen LogP contribution < -0.4 is 5.73 Å². The van der Waals surface area contributed by atoms with Gasteiger partial charge in [0.25, 0.3) is 0 Å². The fourth-order valence-corrected chi connectivity index (χ4v) is 2.83. The van der Waals surface area contributed by atoms with Gasteiger partial charge < -0.3 is 15.2 Å².